The fourth-order valence-electron chi connectivity index (χ4n) is 2.34. The minimum atomic E-state index is 0.662. The van der Waals surface area contributed by atoms with Crippen molar-refractivity contribution in [2.45, 2.75) is 0 Å². The van der Waals surface area contributed by atoms with E-state index in [4.69, 9.17) is 4.74 Å². The van der Waals surface area contributed by atoms with Crippen molar-refractivity contribution < 1.29 is 9.53 Å². The number of hydrogen-bond acceptors (Lipinski definition) is 3. The molecule has 0 aliphatic heterocycles. The first-order valence-corrected chi connectivity index (χ1v) is 6.31. The van der Waals surface area contributed by atoms with Crippen LogP contribution in [-0.2, 0) is 0 Å². The van der Waals surface area contributed by atoms with Crippen LogP contribution >= 0.6 is 0 Å². The first kappa shape index (κ1) is 12.4. The molecule has 3 heteroatoms. The van der Waals surface area contributed by atoms with Gasteiger partial charge in [-0.05, 0) is 35.4 Å². The third kappa shape index (κ3) is 2.03. The Bertz CT molecular complexity index is 781. The smallest absolute Gasteiger partial charge is 0.150 e. The number of rotatable bonds is 3. The van der Waals surface area contributed by atoms with Gasteiger partial charge in [-0.1, -0.05) is 24.3 Å². The Morgan fingerprint density at radius 2 is 2.00 bits per heavy atom. The molecule has 3 aromatic rings. The van der Waals surface area contributed by atoms with E-state index in [0.717, 1.165) is 34.1 Å². The van der Waals surface area contributed by atoms with Crippen LogP contribution in [0.4, 0.5) is 0 Å². The lowest BCUT2D eigenvalue weighted by Gasteiger charge is -2.10. The van der Waals surface area contributed by atoms with E-state index in [9.17, 15) is 4.79 Å². The molecular formula is C17H13NO2. The minimum absolute atomic E-state index is 0.662. The maximum atomic E-state index is 10.9. The maximum Gasteiger partial charge on any atom is 0.150 e. The molecule has 98 valence electrons. The summed E-state index contributed by atoms with van der Waals surface area (Å²) in [6, 6.07) is 15.3. The minimum Gasteiger partial charge on any atom is -0.494 e. The number of hydrogen-bond donors (Lipinski definition) is 0. The van der Waals surface area contributed by atoms with Gasteiger partial charge in [-0.25, -0.2) is 0 Å². The molecule has 3 nitrogen and oxygen atoms in total. The molecule has 0 N–H and O–H groups in total. The molecule has 20 heavy (non-hydrogen) atoms. The van der Waals surface area contributed by atoms with Crippen molar-refractivity contribution >= 4 is 17.2 Å². The predicted octanol–water partition coefficient (Wildman–Crippen LogP) is 3.72. The highest BCUT2D eigenvalue weighted by molar-refractivity contribution is 5.98. The second-order valence-corrected chi connectivity index (χ2v) is 4.46. The molecular weight excluding hydrogens is 250 g/mol. The van der Waals surface area contributed by atoms with Crippen LogP contribution in [0.1, 0.15) is 10.4 Å². The lowest BCUT2D eigenvalue weighted by Crippen LogP contribution is -1.90. The quantitative estimate of drug-likeness (QED) is 0.676. The van der Waals surface area contributed by atoms with Crippen LogP contribution in [0.15, 0.2) is 54.7 Å². The van der Waals surface area contributed by atoms with Gasteiger partial charge < -0.3 is 4.74 Å². The zero-order valence-corrected chi connectivity index (χ0v) is 11.0. The number of ether oxygens (including phenoxy) is 1. The van der Waals surface area contributed by atoms with Gasteiger partial charge >= 0.3 is 0 Å². The van der Waals surface area contributed by atoms with Gasteiger partial charge in [-0.15, -0.1) is 0 Å². The number of fused-ring (bicyclic) bond motifs is 1. The summed E-state index contributed by atoms with van der Waals surface area (Å²) >= 11 is 0. The zero-order chi connectivity index (χ0) is 13.9. The largest absolute Gasteiger partial charge is 0.494 e. The van der Waals surface area contributed by atoms with Gasteiger partial charge in [0.05, 0.1) is 7.11 Å². The highest BCUT2D eigenvalue weighted by Gasteiger charge is 2.09. The molecule has 2 aromatic carbocycles. The summed E-state index contributed by atoms with van der Waals surface area (Å²) in [5, 5.41) is 1.01. The van der Waals surface area contributed by atoms with Gasteiger partial charge in [0.25, 0.3) is 0 Å². The molecule has 0 radical (unpaired) electrons. The molecule has 0 aliphatic carbocycles. The molecule has 0 fully saturated rings. The van der Waals surface area contributed by atoms with Crippen LogP contribution in [-0.4, -0.2) is 18.4 Å². The van der Waals surface area contributed by atoms with E-state index in [1.54, 1.807) is 19.4 Å². The number of methoxy groups -OCH3 is 1. The van der Waals surface area contributed by atoms with Crippen molar-refractivity contribution in [2.75, 3.05) is 7.11 Å². The van der Waals surface area contributed by atoms with E-state index in [1.807, 2.05) is 42.5 Å². The molecule has 0 saturated carbocycles. The molecule has 3 rings (SSSR count). The highest BCUT2D eigenvalue weighted by Crippen LogP contribution is 2.33. The van der Waals surface area contributed by atoms with Crippen LogP contribution < -0.4 is 4.74 Å². The summed E-state index contributed by atoms with van der Waals surface area (Å²) in [4.78, 5) is 15.3. The predicted molar refractivity (Wildman–Crippen MR) is 79.1 cm³/mol. The maximum absolute atomic E-state index is 10.9. The lowest BCUT2D eigenvalue weighted by atomic mass is 9.99. The van der Waals surface area contributed by atoms with Gasteiger partial charge in [0.1, 0.15) is 17.6 Å². The number of aldehydes is 1. The Hall–Kier alpha value is -2.68. The number of aromatic nitrogens is 1. The average molecular weight is 263 g/mol. The zero-order valence-electron chi connectivity index (χ0n) is 11.0. The van der Waals surface area contributed by atoms with E-state index in [1.165, 1.54) is 0 Å². The molecule has 0 aliphatic rings. The Labute approximate surface area is 116 Å². The normalized spacial score (nSPS) is 10.4. The van der Waals surface area contributed by atoms with Gasteiger partial charge in [-0.2, -0.15) is 0 Å². The van der Waals surface area contributed by atoms with Crippen LogP contribution in [0.5, 0.6) is 5.75 Å². The van der Waals surface area contributed by atoms with E-state index >= 15 is 0 Å². The second kappa shape index (κ2) is 5.13. The van der Waals surface area contributed by atoms with Gasteiger partial charge in [-0.3, -0.25) is 9.78 Å². The van der Waals surface area contributed by atoms with E-state index < -0.39 is 0 Å². The van der Waals surface area contributed by atoms with Gasteiger partial charge in [0.2, 0.25) is 0 Å². The fourth-order valence-corrected chi connectivity index (χ4v) is 2.34. The number of nitrogens with zero attached hydrogens (tertiary/aromatic N) is 1. The standard InChI is InChI=1S/C17H13NO2/c1-20-16-8-7-14(15-6-3-9-18-17(15)16)13-5-2-4-12(10-13)11-19/h2-11H,1H3. The Morgan fingerprint density at radius 1 is 1.10 bits per heavy atom. The van der Waals surface area contributed by atoms with Crippen LogP contribution in [0.25, 0.3) is 22.0 Å². The van der Waals surface area contributed by atoms with E-state index in [0.29, 0.717) is 5.56 Å². The Balaban J connectivity index is 2.28. The number of benzene rings is 2. The molecule has 0 atom stereocenters. The van der Waals surface area contributed by atoms with E-state index in [2.05, 4.69) is 4.98 Å². The Kier molecular flexibility index (Phi) is 3.17. The number of carbonyl (C=O) groups excluding carboxylic acids is 1. The van der Waals surface area contributed by atoms with Crippen LogP contribution in [0.3, 0.4) is 0 Å². The van der Waals surface area contributed by atoms with Crippen molar-refractivity contribution in [3.05, 3.63) is 60.3 Å². The third-order valence-corrected chi connectivity index (χ3v) is 3.29. The summed E-state index contributed by atoms with van der Waals surface area (Å²) in [6.07, 6.45) is 2.60. The van der Waals surface area contributed by atoms with Crippen molar-refractivity contribution in [1.29, 1.82) is 0 Å². The lowest BCUT2D eigenvalue weighted by molar-refractivity contribution is 0.112. The molecule has 0 saturated heterocycles. The first-order chi connectivity index (χ1) is 9.83. The summed E-state index contributed by atoms with van der Waals surface area (Å²) in [5.74, 6) is 0.746. The molecule has 0 bridgehead atoms. The summed E-state index contributed by atoms with van der Waals surface area (Å²) in [5.41, 5.74) is 3.52. The summed E-state index contributed by atoms with van der Waals surface area (Å²) < 4.78 is 5.34. The molecule has 0 spiro atoms. The topological polar surface area (TPSA) is 39.2 Å². The third-order valence-electron chi connectivity index (χ3n) is 3.29. The monoisotopic (exact) mass is 263 g/mol. The highest BCUT2D eigenvalue weighted by atomic mass is 16.5. The SMILES string of the molecule is COc1ccc(-c2cccc(C=O)c2)c2cccnc12. The van der Waals surface area contributed by atoms with Crippen molar-refractivity contribution in [3.8, 4) is 16.9 Å². The van der Waals surface area contributed by atoms with Crippen LogP contribution in [0, 0.1) is 0 Å². The number of pyridine rings is 1. The molecule has 0 unspecified atom stereocenters. The van der Waals surface area contributed by atoms with Crippen LogP contribution in [0.2, 0.25) is 0 Å². The summed E-state index contributed by atoms with van der Waals surface area (Å²) in [6.45, 7) is 0. The number of carbonyl (C=O) groups is 1. The van der Waals surface area contributed by atoms with Crippen molar-refractivity contribution in [2.24, 2.45) is 0 Å². The van der Waals surface area contributed by atoms with Crippen molar-refractivity contribution in [3.63, 3.8) is 0 Å². The molecule has 0 amide bonds. The van der Waals surface area contributed by atoms with Gasteiger partial charge in [0.15, 0.2) is 0 Å². The molecule has 1 heterocycles. The average Bonchev–Trinajstić information content (AvgIpc) is 2.54. The van der Waals surface area contributed by atoms with E-state index in [-0.39, 0.29) is 0 Å². The fraction of sp³-hybridized carbons (Fsp3) is 0.0588. The second-order valence-electron chi connectivity index (χ2n) is 4.46. The van der Waals surface area contributed by atoms with Crippen molar-refractivity contribution in [1.82, 2.24) is 4.98 Å². The van der Waals surface area contributed by atoms with Gasteiger partial charge in [0, 0.05) is 17.1 Å². The Morgan fingerprint density at radius 3 is 2.80 bits per heavy atom. The summed E-state index contributed by atoms with van der Waals surface area (Å²) in [7, 11) is 1.64. The molecule has 1 aromatic heterocycles. The first-order valence-electron chi connectivity index (χ1n) is 6.31.